The van der Waals surface area contributed by atoms with Crippen LogP contribution in [0.25, 0.3) is 76.4 Å². The minimum Gasteiger partial charge on any atom is -0.334 e. The SMILES string of the molecule is c1ccc(Cn2c3ccccc3c3cccc(N(c4ccc(-c5ccccc5)cc4)c4ccc(-c5cc6ccc7ccccc7c6c6ccccc56)cc4)c32)cc1. The number of rotatable bonds is 7. The Morgan fingerprint density at radius 2 is 0.930 bits per heavy atom. The summed E-state index contributed by atoms with van der Waals surface area (Å²) >= 11 is 0. The normalized spacial score (nSPS) is 11.6. The van der Waals surface area contributed by atoms with Crippen LogP contribution in [0.5, 0.6) is 0 Å². The summed E-state index contributed by atoms with van der Waals surface area (Å²) in [5.41, 5.74) is 11.9. The summed E-state index contributed by atoms with van der Waals surface area (Å²) in [7, 11) is 0. The molecule has 11 aromatic rings. The zero-order valence-corrected chi connectivity index (χ0v) is 31.4. The molecule has 57 heavy (non-hydrogen) atoms. The first-order valence-corrected chi connectivity index (χ1v) is 19.7. The minimum absolute atomic E-state index is 0.770. The summed E-state index contributed by atoms with van der Waals surface area (Å²) in [5.74, 6) is 0. The molecule has 2 heteroatoms. The van der Waals surface area contributed by atoms with Crippen molar-refractivity contribution in [1.82, 2.24) is 4.57 Å². The standard InChI is InChI=1S/C55H38N2/c1-3-14-38(15-4-1)37-56-52-24-12-11-21-48(52)50-23-13-25-53(55(50)56)57(44-32-28-40(29-33-44)39-16-5-2-6-17-39)45-34-30-42(31-35-45)51-36-43-27-26-41-18-7-8-19-46(41)54(43)49-22-10-9-20-47(49)51/h1-36H,37H2. The molecule has 0 spiro atoms. The van der Waals surface area contributed by atoms with Crippen LogP contribution in [0.4, 0.5) is 17.1 Å². The monoisotopic (exact) mass is 726 g/mol. The average molecular weight is 727 g/mol. The first-order chi connectivity index (χ1) is 28.3. The summed E-state index contributed by atoms with van der Waals surface area (Å²) in [4.78, 5) is 2.44. The molecule has 11 rings (SSSR count). The Morgan fingerprint density at radius 1 is 0.368 bits per heavy atom. The lowest BCUT2D eigenvalue weighted by Crippen LogP contribution is -2.12. The largest absolute Gasteiger partial charge is 0.334 e. The van der Waals surface area contributed by atoms with E-state index in [9.17, 15) is 0 Å². The molecule has 1 heterocycles. The third kappa shape index (κ3) is 5.65. The van der Waals surface area contributed by atoms with E-state index in [1.165, 1.54) is 81.9 Å². The number of nitrogens with zero attached hydrogens (tertiary/aromatic N) is 2. The fraction of sp³-hybridized carbons (Fsp3) is 0.0182. The smallest absolute Gasteiger partial charge is 0.0739 e. The molecule has 10 aromatic carbocycles. The van der Waals surface area contributed by atoms with Crippen LogP contribution < -0.4 is 4.90 Å². The van der Waals surface area contributed by atoms with Crippen LogP contribution >= 0.6 is 0 Å². The van der Waals surface area contributed by atoms with Gasteiger partial charge in [-0.05, 0) is 103 Å². The molecule has 0 saturated carbocycles. The number of aromatic nitrogens is 1. The second-order valence-corrected chi connectivity index (χ2v) is 14.9. The Morgan fingerprint density at radius 3 is 1.68 bits per heavy atom. The fourth-order valence-electron chi connectivity index (χ4n) is 8.97. The summed E-state index contributed by atoms with van der Waals surface area (Å²) in [6.07, 6.45) is 0. The Kier molecular flexibility index (Phi) is 7.93. The lowest BCUT2D eigenvalue weighted by atomic mass is 9.90. The van der Waals surface area contributed by atoms with E-state index >= 15 is 0 Å². The van der Waals surface area contributed by atoms with E-state index in [1.54, 1.807) is 0 Å². The van der Waals surface area contributed by atoms with Crippen LogP contribution in [0.15, 0.2) is 218 Å². The van der Waals surface area contributed by atoms with Crippen LogP contribution in [0.1, 0.15) is 5.56 Å². The molecule has 0 fully saturated rings. The number of hydrogen-bond donors (Lipinski definition) is 0. The molecule has 0 N–H and O–H groups in total. The van der Waals surface area contributed by atoms with Crippen molar-refractivity contribution in [2.24, 2.45) is 0 Å². The van der Waals surface area contributed by atoms with Gasteiger partial charge in [-0.3, -0.25) is 0 Å². The maximum atomic E-state index is 2.50. The first kappa shape index (κ1) is 33.0. The Hall–Kier alpha value is -7.42. The van der Waals surface area contributed by atoms with E-state index < -0.39 is 0 Å². The highest BCUT2D eigenvalue weighted by atomic mass is 15.2. The Balaban J connectivity index is 1.10. The highest BCUT2D eigenvalue weighted by Crippen LogP contribution is 2.44. The second kappa shape index (κ2) is 13.7. The predicted molar refractivity (Wildman–Crippen MR) is 243 cm³/mol. The van der Waals surface area contributed by atoms with Gasteiger partial charge in [0.05, 0.1) is 11.2 Å². The number of fused-ring (bicyclic) bond motifs is 8. The Bertz CT molecular complexity index is 3230. The van der Waals surface area contributed by atoms with Crippen molar-refractivity contribution in [2.45, 2.75) is 6.54 Å². The molecular formula is C55H38N2. The van der Waals surface area contributed by atoms with Crippen LogP contribution in [0.3, 0.4) is 0 Å². The highest BCUT2D eigenvalue weighted by Gasteiger charge is 2.21. The van der Waals surface area contributed by atoms with Crippen LogP contribution in [0, 0.1) is 0 Å². The quantitative estimate of drug-likeness (QED) is 0.148. The summed E-state index contributed by atoms with van der Waals surface area (Å²) in [5, 5.41) is 10.2. The van der Waals surface area contributed by atoms with Crippen molar-refractivity contribution in [3.05, 3.63) is 224 Å². The molecule has 0 aliphatic heterocycles. The lowest BCUT2D eigenvalue weighted by Gasteiger charge is -2.27. The van der Waals surface area contributed by atoms with E-state index in [1.807, 2.05) is 0 Å². The lowest BCUT2D eigenvalue weighted by molar-refractivity contribution is 0.868. The van der Waals surface area contributed by atoms with Gasteiger partial charge in [-0.25, -0.2) is 0 Å². The van der Waals surface area contributed by atoms with Gasteiger partial charge >= 0.3 is 0 Å². The summed E-state index contributed by atoms with van der Waals surface area (Å²) in [6.45, 7) is 0.770. The third-order valence-corrected chi connectivity index (χ3v) is 11.6. The number of anilines is 3. The molecule has 0 atom stereocenters. The van der Waals surface area contributed by atoms with Crippen LogP contribution in [-0.4, -0.2) is 4.57 Å². The number of para-hydroxylation sites is 2. The molecule has 0 bridgehead atoms. The van der Waals surface area contributed by atoms with Crippen LogP contribution in [0.2, 0.25) is 0 Å². The highest BCUT2D eigenvalue weighted by molar-refractivity contribution is 6.23. The van der Waals surface area contributed by atoms with Crippen molar-refractivity contribution in [2.75, 3.05) is 4.90 Å². The van der Waals surface area contributed by atoms with E-state index in [2.05, 4.69) is 228 Å². The second-order valence-electron chi connectivity index (χ2n) is 14.9. The van der Waals surface area contributed by atoms with Crippen molar-refractivity contribution in [3.63, 3.8) is 0 Å². The molecule has 0 unspecified atom stereocenters. The Labute approximate surface area is 332 Å². The first-order valence-electron chi connectivity index (χ1n) is 19.7. The summed E-state index contributed by atoms with van der Waals surface area (Å²) < 4.78 is 2.50. The average Bonchev–Trinajstić information content (AvgIpc) is 3.60. The van der Waals surface area contributed by atoms with Gasteiger partial charge in [0.15, 0.2) is 0 Å². The topological polar surface area (TPSA) is 8.17 Å². The van der Waals surface area contributed by atoms with Gasteiger partial charge in [0.1, 0.15) is 0 Å². The van der Waals surface area contributed by atoms with Crippen molar-refractivity contribution < 1.29 is 0 Å². The van der Waals surface area contributed by atoms with E-state index in [0.717, 1.165) is 23.6 Å². The molecule has 2 nitrogen and oxygen atoms in total. The van der Waals surface area contributed by atoms with Crippen molar-refractivity contribution in [1.29, 1.82) is 0 Å². The number of hydrogen-bond acceptors (Lipinski definition) is 1. The molecule has 1 aromatic heterocycles. The van der Waals surface area contributed by atoms with Crippen molar-refractivity contribution >= 4 is 71.2 Å². The van der Waals surface area contributed by atoms with Gasteiger partial charge in [0, 0.05) is 34.2 Å². The van der Waals surface area contributed by atoms with Crippen LogP contribution in [-0.2, 0) is 6.54 Å². The van der Waals surface area contributed by atoms with E-state index in [-0.39, 0.29) is 0 Å². The molecule has 0 saturated heterocycles. The zero-order valence-electron chi connectivity index (χ0n) is 31.4. The molecular weight excluding hydrogens is 689 g/mol. The van der Waals surface area contributed by atoms with E-state index in [0.29, 0.717) is 0 Å². The van der Waals surface area contributed by atoms with E-state index in [4.69, 9.17) is 0 Å². The maximum Gasteiger partial charge on any atom is 0.0739 e. The van der Waals surface area contributed by atoms with Gasteiger partial charge in [0.2, 0.25) is 0 Å². The maximum absolute atomic E-state index is 2.50. The molecule has 0 aliphatic carbocycles. The molecule has 0 radical (unpaired) electrons. The predicted octanol–water partition coefficient (Wildman–Crippen LogP) is 15.1. The minimum atomic E-state index is 0.770. The van der Waals surface area contributed by atoms with Crippen molar-refractivity contribution in [3.8, 4) is 22.3 Å². The molecule has 268 valence electrons. The van der Waals surface area contributed by atoms with Gasteiger partial charge < -0.3 is 9.47 Å². The van der Waals surface area contributed by atoms with Gasteiger partial charge in [-0.1, -0.05) is 176 Å². The zero-order chi connectivity index (χ0) is 37.7. The van der Waals surface area contributed by atoms with Gasteiger partial charge in [-0.15, -0.1) is 0 Å². The molecule has 0 amide bonds. The number of benzene rings is 10. The summed E-state index contributed by atoms with van der Waals surface area (Å²) in [6, 6.07) is 79.7. The van der Waals surface area contributed by atoms with Gasteiger partial charge in [-0.2, -0.15) is 0 Å². The fourth-order valence-corrected chi connectivity index (χ4v) is 8.97. The molecule has 0 aliphatic rings. The third-order valence-electron chi connectivity index (χ3n) is 11.6. The van der Waals surface area contributed by atoms with Gasteiger partial charge in [0.25, 0.3) is 0 Å².